The topological polar surface area (TPSA) is 132 Å². The van der Waals surface area contributed by atoms with Crippen LogP contribution >= 0.6 is 0 Å². The monoisotopic (exact) mass is 516 g/mol. The fraction of sp³-hybridized carbons (Fsp3) is 0.480. The number of ether oxygens (including phenoxy) is 2. The summed E-state index contributed by atoms with van der Waals surface area (Å²) in [5.41, 5.74) is 14.4. The number of benzene rings is 1. The summed E-state index contributed by atoms with van der Waals surface area (Å²) in [6, 6.07) is 5.33. The first-order valence-electron chi connectivity index (χ1n) is 12.2. The van der Waals surface area contributed by atoms with Crippen LogP contribution in [0.25, 0.3) is 11.2 Å². The molecule has 1 aromatic carbocycles. The van der Waals surface area contributed by atoms with Gasteiger partial charge in [0.05, 0.1) is 16.7 Å². The third kappa shape index (κ3) is 4.17. The molecule has 5 heterocycles. The molecule has 1 amide bonds. The molecule has 3 aromatic rings. The zero-order valence-electron chi connectivity index (χ0n) is 20.1. The highest BCUT2D eigenvalue weighted by Gasteiger charge is 2.65. The summed E-state index contributed by atoms with van der Waals surface area (Å²) in [6.07, 6.45) is -0.382. The Balaban J connectivity index is 1.16. The van der Waals surface area contributed by atoms with Crippen molar-refractivity contribution in [3.8, 4) is 5.75 Å². The van der Waals surface area contributed by atoms with E-state index in [1.165, 1.54) is 6.07 Å². The van der Waals surface area contributed by atoms with E-state index in [-0.39, 0.29) is 34.8 Å². The fourth-order valence-electron chi connectivity index (χ4n) is 6.24. The number of amides is 1. The number of rotatable bonds is 4. The number of piperidine rings is 1. The van der Waals surface area contributed by atoms with Crippen molar-refractivity contribution >= 4 is 22.8 Å². The number of pyridine rings is 1. The van der Waals surface area contributed by atoms with Gasteiger partial charge in [0.25, 0.3) is 5.91 Å². The molecular weight excluding hydrogens is 489 g/mol. The third-order valence-electron chi connectivity index (χ3n) is 7.72. The Kier molecular flexibility index (Phi) is 5.22. The van der Waals surface area contributed by atoms with Crippen molar-refractivity contribution in [2.24, 2.45) is 5.73 Å². The van der Waals surface area contributed by atoms with Crippen LogP contribution in [-0.4, -0.2) is 56.4 Å². The highest BCUT2D eigenvalue weighted by Crippen LogP contribution is 2.59. The molecule has 4 fully saturated rings. The number of anilines is 1. The number of imidazole rings is 1. The average Bonchev–Trinajstić information content (AvgIpc) is 3.43. The molecule has 37 heavy (non-hydrogen) atoms. The predicted molar refractivity (Wildman–Crippen MR) is 128 cm³/mol. The smallest absolute Gasteiger partial charge is 0.406 e. The fourth-order valence-corrected chi connectivity index (χ4v) is 6.24. The molecule has 5 N–H and O–H groups in total. The lowest BCUT2D eigenvalue weighted by Crippen LogP contribution is -2.54. The molecule has 4 aliphatic rings. The highest BCUT2D eigenvalue weighted by molar-refractivity contribution is 5.99. The van der Waals surface area contributed by atoms with Crippen molar-refractivity contribution in [3.63, 3.8) is 0 Å². The molecule has 3 saturated heterocycles. The van der Waals surface area contributed by atoms with Gasteiger partial charge in [-0.15, -0.1) is 13.2 Å². The average molecular weight is 517 g/mol. The summed E-state index contributed by atoms with van der Waals surface area (Å²) in [6.45, 7) is 3.01. The van der Waals surface area contributed by atoms with E-state index in [4.69, 9.17) is 21.2 Å². The van der Waals surface area contributed by atoms with E-state index < -0.39 is 17.7 Å². The second-order valence-electron chi connectivity index (χ2n) is 10.6. The molecule has 2 aromatic heterocycles. The number of H-pyrrole nitrogens is 1. The number of carbonyl (C=O) groups is 1. The van der Waals surface area contributed by atoms with Gasteiger partial charge in [-0.05, 0) is 62.3 Å². The van der Waals surface area contributed by atoms with Gasteiger partial charge in [-0.1, -0.05) is 0 Å². The Morgan fingerprint density at radius 3 is 2.59 bits per heavy atom. The summed E-state index contributed by atoms with van der Waals surface area (Å²) in [5, 5.41) is 0. The van der Waals surface area contributed by atoms with Crippen LogP contribution < -0.4 is 16.2 Å². The first-order valence-corrected chi connectivity index (χ1v) is 12.2. The molecule has 0 radical (unpaired) electrons. The van der Waals surface area contributed by atoms with Crippen LogP contribution in [0.1, 0.15) is 66.4 Å². The van der Waals surface area contributed by atoms with Crippen LogP contribution in [0.5, 0.6) is 5.75 Å². The lowest BCUT2D eigenvalue weighted by atomic mass is 9.67. The SMILES string of the molecule is CC12CC(N)(C1)[C@@H](c1nc3c(C4CCN(C(=O)c5ccc(OC(F)(F)F)cc5N)CC4)ccnc3[nH]1)O2. The molecule has 1 atom stereocenters. The summed E-state index contributed by atoms with van der Waals surface area (Å²) in [5.74, 6) is 0.0681. The maximum atomic E-state index is 13.0. The Bertz CT molecular complexity index is 1380. The number of hydrogen-bond acceptors (Lipinski definition) is 7. The van der Waals surface area contributed by atoms with E-state index in [9.17, 15) is 18.0 Å². The number of alkyl halides is 3. The molecule has 9 nitrogen and oxygen atoms in total. The lowest BCUT2D eigenvalue weighted by molar-refractivity contribution is -0.274. The molecule has 0 spiro atoms. The molecule has 2 bridgehead atoms. The van der Waals surface area contributed by atoms with Crippen molar-refractivity contribution in [1.29, 1.82) is 0 Å². The molecular formula is C25H27F3N6O3. The minimum Gasteiger partial charge on any atom is -0.406 e. The third-order valence-corrected chi connectivity index (χ3v) is 7.72. The summed E-state index contributed by atoms with van der Waals surface area (Å²) in [7, 11) is 0. The van der Waals surface area contributed by atoms with E-state index in [0.29, 0.717) is 37.4 Å². The van der Waals surface area contributed by atoms with Gasteiger partial charge in [-0.3, -0.25) is 4.79 Å². The van der Waals surface area contributed by atoms with Crippen LogP contribution in [0.3, 0.4) is 0 Å². The maximum Gasteiger partial charge on any atom is 0.573 e. The molecule has 3 aliphatic heterocycles. The number of nitrogens with two attached hydrogens (primary N) is 2. The first kappa shape index (κ1) is 24.0. The molecule has 12 heteroatoms. The van der Waals surface area contributed by atoms with Gasteiger partial charge in [-0.2, -0.15) is 0 Å². The van der Waals surface area contributed by atoms with Gasteiger partial charge >= 0.3 is 6.36 Å². The number of fused-ring (bicyclic) bond motifs is 2. The van der Waals surface area contributed by atoms with Gasteiger partial charge < -0.3 is 30.8 Å². The zero-order chi connectivity index (χ0) is 26.2. The Morgan fingerprint density at radius 1 is 1.24 bits per heavy atom. The Labute approximate surface area is 210 Å². The largest absolute Gasteiger partial charge is 0.573 e. The highest BCUT2D eigenvalue weighted by atomic mass is 19.4. The Morgan fingerprint density at radius 2 is 1.97 bits per heavy atom. The number of aromatic nitrogens is 3. The van der Waals surface area contributed by atoms with Crippen molar-refractivity contribution in [3.05, 3.63) is 47.4 Å². The van der Waals surface area contributed by atoms with E-state index in [1.807, 2.05) is 6.07 Å². The Hall–Kier alpha value is -3.38. The van der Waals surface area contributed by atoms with Crippen LogP contribution in [0.4, 0.5) is 18.9 Å². The number of carbonyl (C=O) groups excluding carboxylic acids is 1. The van der Waals surface area contributed by atoms with Crippen LogP contribution in [0.15, 0.2) is 30.5 Å². The van der Waals surface area contributed by atoms with Gasteiger partial charge in [0.2, 0.25) is 0 Å². The summed E-state index contributed by atoms with van der Waals surface area (Å²) >= 11 is 0. The van der Waals surface area contributed by atoms with Gasteiger partial charge in [0.1, 0.15) is 23.2 Å². The van der Waals surface area contributed by atoms with Gasteiger partial charge in [0, 0.05) is 31.0 Å². The molecule has 1 aliphatic carbocycles. The van der Waals surface area contributed by atoms with Crippen molar-refractivity contribution in [2.75, 3.05) is 18.8 Å². The zero-order valence-corrected chi connectivity index (χ0v) is 20.1. The summed E-state index contributed by atoms with van der Waals surface area (Å²) < 4.78 is 47.5. The maximum absolute atomic E-state index is 13.0. The molecule has 1 saturated carbocycles. The van der Waals surface area contributed by atoms with E-state index in [2.05, 4.69) is 21.6 Å². The van der Waals surface area contributed by atoms with Gasteiger partial charge in [-0.25, -0.2) is 9.97 Å². The molecule has 196 valence electrons. The minimum absolute atomic E-state index is 0.0627. The number of nitrogens with one attached hydrogen (secondary N) is 1. The molecule has 0 unspecified atom stereocenters. The van der Waals surface area contributed by atoms with Crippen molar-refractivity contribution in [1.82, 2.24) is 19.9 Å². The van der Waals surface area contributed by atoms with Crippen LogP contribution in [0, 0.1) is 0 Å². The van der Waals surface area contributed by atoms with Crippen LogP contribution in [0.2, 0.25) is 0 Å². The van der Waals surface area contributed by atoms with E-state index >= 15 is 0 Å². The predicted octanol–water partition coefficient (Wildman–Crippen LogP) is 3.78. The second kappa shape index (κ2) is 8.06. The van der Waals surface area contributed by atoms with E-state index in [1.54, 1.807) is 11.1 Å². The number of nitrogen functional groups attached to an aromatic ring is 1. The minimum atomic E-state index is -4.83. The van der Waals surface area contributed by atoms with Gasteiger partial charge in [0.15, 0.2) is 5.65 Å². The first-order chi connectivity index (χ1) is 17.4. The number of nitrogens with zero attached hydrogens (tertiary/aromatic N) is 3. The lowest BCUT2D eigenvalue weighted by Gasteiger charge is -2.39. The normalized spacial score (nSPS) is 27.9. The number of hydrogen-bond donors (Lipinski definition) is 3. The molecule has 7 rings (SSSR count). The quantitative estimate of drug-likeness (QED) is 0.450. The van der Waals surface area contributed by atoms with Crippen molar-refractivity contribution in [2.45, 2.75) is 62.1 Å². The van der Waals surface area contributed by atoms with Crippen molar-refractivity contribution < 1.29 is 27.4 Å². The summed E-state index contributed by atoms with van der Waals surface area (Å²) in [4.78, 5) is 27.3. The number of aromatic amines is 1. The number of likely N-dealkylation sites (tertiary alicyclic amines) is 1. The number of halogens is 3. The van der Waals surface area contributed by atoms with Crippen LogP contribution in [-0.2, 0) is 4.74 Å². The standard InChI is InChI=1S/C25H27F3N6O3/c1-23-11-24(30,12-23)19(37-23)21-32-18-15(4-7-31-20(18)33-21)13-5-8-34(9-6-13)22(35)16-3-2-14(10-17(16)29)36-25(26,27)28/h2-4,7,10,13,19H,5-6,8-9,11-12,29-30H2,1H3,(H,31,32,33)/t19-,23?,24?/m1/s1. The van der Waals surface area contributed by atoms with E-state index in [0.717, 1.165) is 36.1 Å². The second-order valence-corrected chi connectivity index (χ2v) is 10.6.